The first kappa shape index (κ1) is 19.6. The summed E-state index contributed by atoms with van der Waals surface area (Å²) in [6.07, 6.45) is 0.899. The van der Waals surface area contributed by atoms with Crippen LogP contribution >= 0.6 is 23.2 Å². The lowest BCUT2D eigenvalue weighted by Gasteiger charge is -2.24. The highest BCUT2D eigenvalue weighted by atomic mass is 35.5. The third kappa shape index (κ3) is 5.21. The molecule has 27 heavy (non-hydrogen) atoms. The Balaban J connectivity index is 1.55. The van der Waals surface area contributed by atoms with E-state index in [0.717, 1.165) is 30.9 Å². The van der Waals surface area contributed by atoms with Crippen LogP contribution in [0, 0.1) is 0 Å². The molecule has 0 aromatic heterocycles. The number of carbonyl (C=O) groups excluding carboxylic acids is 1. The molecular weight excluding hydrogens is 387 g/mol. The molecule has 7 heteroatoms. The van der Waals surface area contributed by atoms with Crippen LogP contribution in [-0.4, -0.2) is 50.7 Å². The lowest BCUT2D eigenvalue weighted by Crippen LogP contribution is -2.38. The monoisotopic (exact) mass is 408 g/mol. The first-order valence-corrected chi connectivity index (χ1v) is 9.57. The largest absolute Gasteiger partial charge is 0.497 e. The molecule has 2 aromatic carbocycles. The van der Waals surface area contributed by atoms with Gasteiger partial charge in [0.15, 0.2) is 6.61 Å². The number of rotatable bonds is 5. The van der Waals surface area contributed by atoms with Crippen LogP contribution in [0.3, 0.4) is 0 Å². The minimum Gasteiger partial charge on any atom is -0.497 e. The Morgan fingerprint density at radius 1 is 1.04 bits per heavy atom. The number of hydrogen-bond acceptors (Lipinski definition) is 4. The van der Waals surface area contributed by atoms with Crippen molar-refractivity contribution in [2.45, 2.75) is 6.42 Å². The summed E-state index contributed by atoms with van der Waals surface area (Å²) in [5.74, 6) is 1.21. The molecule has 0 atom stereocenters. The van der Waals surface area contributed by atoms with E-state index in [1.54, 1.807) is 25.3 Å². The van der Waals surface area contributed by atoms with E-state index >= 15 is 0 Å². The summed E-state index contributed by atoms with van der Waals surface area (Å²) in [6, 6.07) is 12.9. The first-order valence-electron chi connectivity index (χ1n) is 8.81. The van der Waals surface area contributed by atoms with Crippen molar-refractivity contribution < 1.29 is 14.3 Å². The quantitative estimate of drug-likeness (QED) is 0.745. The van der Waals surface area contributed by atoms with Gasteiger partial charge < -0.3 is 19.3 Å². The van der Waals surface area contributed by atoms with Crippen molar-refractivity contribution in [3.05, 3.63) is 52.5 Å². The molecule has 0 radical (unpaired) electrons. The highest BCUT2D eigenvalue weighted by molar-refractivity contribution is 6.34. The van der Waals surface area contributed by atoms with Crippen molar-refractivity contribution in [2.24, 2.45) is 0 Å². The highest BCUT2D eigenvalue weighted by Gasteiger charge is 2.20. The van der Waals surface area contributed by atoms with Crippen LogP contribution < -0.4 is 14.4 Å². The summed E-state index contributed by atoms with van der Waals surface area (Å²) in [6.45, 7) is 2.98. The second-order valence-corrected chi connectivity index (χ2v) is 7.13. The number of methoxy groups -OCH3 is 1. The fraction of sp³-hybridized carbons (Fsp3) is 0.350. The van der Waals surface area contributed by atoms with E-state index in [1.165, 1.54) is 0 Å². The molecule has 0 unspecified atom stereocenters. The van der Waals surface area contributed by atoms with Gasteiger partial charge in [0.1, 0.15) is 11.5 Å². The minimum absolute atomic E-state index is 0.0530. The second kappa shape index (κ2) is 9.20. The zero-order valence-corrected chi connectivity index (χ0v) is 16.7. The second-order valence-electron chi connectivity index (χ2n) is 6.28. The maximum atomic E-state index is 12.5. The van der Waals surface area contributed by atoms with E-state index in [1.807, 2.05) is 29.2 Å². The Hall–Kier alpha value is -2.11. The lowest BCUT2D eigenvalue weighted by molar-refractivity contribution is -0.133. The van der Waals surface area contributed by atoms with E-state index < -0.39 is 0 Å². The molecule has 1 amide bonds. The molecule has 0 saturated carbocycles. The van der Waals surface area contributed by atoms with Crippen molar-refractivity contribution >= 4 is 34.8 Å². The van der Waals surface area contributed by atoms with Gasteiger partial charge in [0.05, 0.1) is 12.1 Å². The van der Waals surface area contributed by atoms with Gasteiger partial charge in [-0.25, -0.2) is 0 Å². The maximum absolute atomic E-state index is 12.5. The van der Waals surface area contributed by atoms with E-state index in [0.29, 0.717) is 28.9 Å². The van der Waals surface area contributed by atoms with Gasteiger partial charge in [-0.15, -0.1) is 0 Å². The van der Waals surface area contributed by atoms with Crippen LogP contribution in [0.5, 0.6) is 11.5 Å². The Morgan fingerprint density at radius 2 is 1.81 bits per heavy atom. The standard InChI is InChI=1S/C20H22Cl2N2O3/c1-26-17-6-4-16(5-7-17)23-9-2-10-24(12-11-23)20(25)14-27-19-13-15(21)3-8-18(19)22/h3-8,13H,2,9-12,14H2,1H3. The summed E-state index contributed by atoms with van der Waals surface area (Å²) in [5.41, 5.74) is 1.13. The van der Waals surface area contributed by atoms with Gasteiger partial charge >= 0.3 is 0 Å². The van der Waals surface area contributed by atoms with Crippen molar-refractivity contribution in [1.82, 2.24) is 4.90 Å². The highest BCUT2D eigenvalue weighted by Crippen LogP contribution is 2.27. The molecule has 1 aliphatic heterocycles. The molecule has 0 spiro atoms. The molecule has 144 valence electrons. The summed E-state index contributed by atoms with van der Waals surface area (Å²) < 4.78 is 10.8. The number of halogens is 2. The fourth-order valence-electron chi connectivity index (χ4n) is 3.04. The van der Waals surface area contributed by atoms with E-state index in [4.69, 9.17) is 32.7 Å². The van der Waals surface area contributed by atoms with Gasteiger partial charge in [0, 0.05) is 43.0 Å². The first-order chi connectivity index (χ1) is 13.1. The van der Waals surface area contributed by atoms with Crippen LogP contribution in [0.2, 0.25) is 10.0 Å². The van der Waals surface area contributed by atoms with Gasteiger partial charge in [-0.3, -0.25) is 4.79 Å². The summed E-state index contributed by atoms with van der Waals surface area (Å²) >= 11 is 12.0. The van der Waals surface area contributed by atoms with Gasteiger partial charge in [0.25, 0.3) is 5.91 Å². The Kier molecular flexibility index (Phi) is 6.69. The van der Waals surface area contributed by atoms with Crippen molar-refractivity contribution in [2.75, 3.05) is 44.8 Å². The van der Waals surface area contributed by atoms with Crippen LogP contribution in [0.15, 0.2) is 42.5 Å². The van der Waals surface area contributed by atoms with E-state index in [-0.39, 0.29) is 12.5 Å². The number of ether oxygens (including phenoxy) is 2. The zero-order chi connectivity index (χ0) is 19.2. The molecule has 1 heterocycles. The third-order valence-electron chi connectivity index (χ3n) is 4.53. The number of nitrogens with zero attached hydrogens (tertiary/aromatic N) is 2. The predicted molar refractivity (Wildman–Crippen MR) is 108 cm³/mol. The predicted octanol–water partition coefficient (Wildman–Crippen LogP) is 4.12. The lowest BCUT2D eigenvalue weighted by atomic mass is 10.2. The van der Waals surface area contributed by atoms with Crippen LogP contribution in [0.4, 0.5) is 5.69 Å². The SMILES string of the molecule is COc1ccc(N2CCCN(C(=O)COc3cc(Cl)ccc3Cl)CC2)cc1. The number of benzene rings is 2. The fourth-order valence-corrected chi connectivity index (χ4v) is 3.37. The third-order valence-corrected chi connectivity index (χ3v) is 5.08. The van der Waals surface area contributed by atoms with E-state index in [2.05, 4.69) is 4.90 Å². The topological polar surface area (TPSA) is 42.0 Å². The van der Waals surface area contributed by atoms with Crippen LogP contribution in [-0.2, 0) is 4.79 Å². The number of carbonyl (C=O) groups is 1. The molecule has 0 bridgehead atoms. The zero-order valence-electron chi connectivity index (χ0n) is 15.2. The average molecular weight is 409 g/mol. The number of anilines is 1. The Morgan fingerprint density at radius 3 is 2.56 bits per heavy atom. The molecule has 2 aromatic rings. The molecule has 0 N–H and O–H groups in total. The van der Waals surface area contributed by atoms with Crippen molar-refractivity contribution in [3.63, 3.8) is 0 Å². The summed E-state index contributed by atoms with van der Waals surface area (Å²) in [4.78, 5) is 16.7. The normalized spacial score (nSPS) is 14.6. The average Bonchev–Trinajstić information content (AvgIpc) is 2.95. The van der Waals surface area contributed by atoms with E-state index in [9.17, 15) is 4.79 Å². The molecule has 3 rings (SSSR count). The molecule has 1 saturated heterocycles. The smallest absolute Gasteiger partial charge is 0.260 e. The molecule has 1 fully saturated rings. The maximum Gasteiger partial charge on any atom is 0.260 e. The summed E-state index contributed by atoms with van der Waals surface area (Å²) in [7, 11) is 1.66. The Bertz CT molecular complexity index is 783. The van der Waals surface area contributed by atoms with Crippen molar-refractivity contribution in [3.8, 4) is 11.5 Å². The van der Waals surface area contributed by atoms with Crippen LogP contribution in [0.25, 0.3) is 0 Å². The van der Waals surface area contributed by atoms with Gasteiger partial charge in [0.2, 0.25) is 0 Å². The van der Waals surface area contributed by atoms with Gasteiger partial charge in [-0.1, -0.05) is 23.2 Å². The molecule has 1 aliphatic rings. The van der Waals surface area contributed by atoms with Crippen LogP contribution in [0.1, 0.15) is 6.42 Å². The molecular formula is C20H22Cl2N2O3. The summed E-state index contributed by atoms with van der Waals surface area (Å²) in [5, 5.41) is 0.959. The Labute approximate surface area is 169 Å². The van der Waals surface area contributed by atoms with Gasteiger partial charge in [-0.2, -0.15) is 0 Å². The minimum atomic E-state index is -0.0531. The number of hydrogen-bond donors (Lipinski definition) is 0. The van der Waals surface area contributed by atoms with Crippen molar-refractivity contribution in [1.29, 1.82) is 0 Å². The number of amides is 1. The van der Waals surface area contributed by atoms with Gasteiger partial charge in [-0.05, 0) is 42.8 Å². The molecule has 5 nitrogen and oxygen atoms in total. The molecule has 0 aliphatic carbocycles.